The van der Waals surface area contributed by atoms with Gasteiger partial charge in [-0.25, -0.2) is 15.0 Å². The van der Waals surface area contributed by atoms with Gasteiger partial charge in [0.15, 0.2) is 5.82 Å². The molecule has 0 saturated carbocycles. The molecule has 11 nitrogen and oxygen atoms in total. The summed E-state index contributed by atoms with van der Waals surface area (Å²) in [5, 5.41) is 14.5. The predicted octanol–water partition coefficient (Wildman–Crippen LogP) is 4.52. The van der Waals surface area contributed by atoms with E-state index in [0.717, 1.165) is 18.4 Å². The van der Waals surface area contributed by atoms with E-state index in [4.69, 9.17) is 47.4 Å². The van der Waals surface area contributed by atoms with Crippen molar-refractivity contribution in [2.45, 2.75) is 51.7 Å². The van der Waals surface area contributed by atoms with E-state index in [1.807, 2.05) is 6.07 Å². The van der Waals surface area contributed by atoms with Crippen LogP contribution in [0.25, 0.3) is 22.2 Å². The van der Waals surface area contributed by atoms with E-state index in [9.17, 15) is 4.79 Å². The first kappa shape index (κ1) is 30.8. The summed E-state index contributed by atoms with van der Waals surface area (Å²) in [5.41, 5.74) is 1.62. The van der Waals surface area contributed by atoms with Gasteiger partial charge < -0.3 is 35.5 Å². The van der Waals surface area contributed by atoms with E-state index >= 15 is 0 Å². The van der Waals surface area contributed by atoms with Gasteiger partial charge >= 0.3 is 0 Å². The van der Waals surface area contributed by atoms with Crippen molar-refractivity contribution in [3.63, 3.8) is 0 Å². The lowest BCUT2D eigenvalue weighted by Crippen LogP contribution is -2.51. The van der Waals surface area contributed by atoms with Crippen molar-refractivity contribution in [3.05, 3.63) is 28.4 Å². The number of carbonyl (C=O) groups is 1. The lowest BCUT2D eigenvalue weighted by atomic mass is 10.0. The Hall–Kier alpha value is -3.12. The predicted molar refractivity (Wildman–Crippen MR) is 163 cm³/mol. The standard InChI is InChI=1S/C28H37Cl2N7O4/c1-15(2)31-8-6-9-32-27-26-17(11-19(35-27)23-24(29)21(39-4)12-22(40-5)25(23)30)13-33-28(37-26)36-20-14-41-10-7-18(20)34-16(3)38/h11-13,15,18,20,31H,6-10,14H2,1-5H3,(H,32,35)(H,34,38)(H,33,36,37)/t18-,20+/m0/s1. The Morgan fingerprint density at radius 1 is 1.10 bits per heavy atom. The van der Waals surface area contributed by atoms with Crippen LogP contribution in [0.4, 0.5) is 11.8 Å². The molecule has 3 heterocycles. The van der Waals surface area contributed by atoms with Crippen LogP contribution in [0.15, 0.2) is 18.3 Å². The number of methoxy groups -OCH3 is 2. The summed E-state index contributed by atoms with van der Waals surface area (Å²) >= 11 is 13.4. The number of amides is 1. The Bertz CT molecular complexity index is 1350. The fourth-order valence-electron chi connectivity index (χ4n) is 4.64. The summed E-state index contributed by atoms with van der Waals surface area (Å²) in [6.07, 6.45) is 3.28. The summed E-state index contributed by atoms with van der Waals surface area (Å²) in [7, 11) is 3.06. The molecule has 2 aromatic heterocycles. The number of pyridine rings is 1. The highest BCUT2D eigenvalue weighted by Crippen LogP contribution is 2.46. The number of benzene rings is 1. The van der Waals surface area contributed by atoms with E-state index in [1.54, 1.807) is 12.3 Å². The maximum atomic E-state index is 11.7. The van der Waals surface area contributed by atoms with Crippen LogP contribution in [0.2, 0.25) is 10.0 Å². The third-order valence-electron chi connectivity index (χ3n) is 6.65. The number of nitrogens with one attached hydrogen (secondary N) is 4. The SMILES string of the molecule is COc1cc(OC)c(Cl)c(-c2cc3cnc(N[C@@H]4COCC[C@@H]4NC(C)=O)nc3c(NCCCNC(C)C)n2)c1Cl. The third-order valence-corrected chi connectivity index (χ3v) is 7.40. The zero-order chi connectivity index (χ0) is 29.5. The quantitative estimate of drug-likeness (QED) is 0.218. The van der Waals surface area contributed by atoms with Gasteiger partial charge in [-0.2, -0.15) is 0 Å². The van der Waals surface area contributed by atoms with E-state index in [1.165, 1.54) is 21.1 Å². The first-order valence-corrected chi connectivity index (χ1v) is 14.3. The van der Waals surface area contributed by atoms with Gasteiger partial charge in [0.05, 0.1) is 48.6 Å². The van der Waals surface area contributed by atoms with E-state index in [-0.39, 0.29) is 18.0 Å². The normalized spacial score (nSPS) is 17.0. The number of ether oxygens (including phenoxy) is 3. The van der Waals surface area contributed by atoms with E-state index in [2.05, 4.69) is 40.1 Å². The molecular formula is C28H37Cl2N7O4. The molecule has 1 fully saturated rings. The van der Waals surface area contributed by atoms with Gasteiger partial charge in [0.2, 0.25) is 11.9 Å². The minimum Gasteiger partial charge on any atom is -0.495 e. The number of hydrogen-bond acceptors (Lipinski definition) is 10. The minimum absolute atomic E-state index is 0.0928. The lowest BCUT2D eigenvalue weighted by Gasteiger charge is -2.32. The highest BCUT2D eigenvalue weighted by molar-refractivity contribution is 6.41. The smallest absolute Gasteiger partial charge is 0.223 e. The fraction of sp³-hybridized carbons (Fsp3) is 0.500. The number of nitrogens with zero attached hydrogens (tertiary/aromatic N) is 3. The molecule has 1 aliphatic rings. The average molecular weight is 607 g/mol. The minimum atomic E-state index is -0.183. The van der Waals surface area contributed by atoms with Crippen molar-refractivity contribution in [1.82, 2.24) is 25.6 Å². The van der Waals surface area contributed by atoms with Crippen LogP contribution in [0, 0.1) is 0 Å². The maximum Gasteiger partial charge on any atom is 0.223 e. The topological polar surface area (TPSA) is 132 Å². The van der Waals surface area contributed by atoms with Crippen LogP contribution >= 0.6 is 23.2 Å². The van der Waals surface area contributed by atoms with E-state index < -0.39 is 0 Å². The summed E-state index contributed by atoms with van der Waals surface area (Å²) in [6, 6.07) is 3.59. The third kappa shape index (κ3) is 7.59. The first-order valence-electron chi connectivity index (χ1n) is 13.6. The Balaban J connectivity index is 1.73. The molecule has 4 N–H and O–H groups in total. The zero-order valence-electron chi connectivity index (χ0n) is 23.9. The van der Waals surface area contributed by atoms with Crippen LogP contribution in [-0.4, -0.2) is 79.5 Å². The van der Waals surface area contributed by atoms with Crippen molar-refractivity contribution in [2.24, 2.45) is 0 Å². The number of anilines is 2. The van der Waals surface area contributed by atoms with Crippen LogP contribution in [0.5, 0.6) is 11.5 Å². The zero-order valence-corrected chi connectivity index (χ0v) is 25.4. The van der Waals surface area contributed by atoms with Crippen molar-refractivity contribution < 1.29 is 19.0 Å². The molecule has 13 heteroatoms. The molecule has 0 spiro atoms. The first-order chi connectivity index (χ1) is 19.7. The largest absolute Gasteiger partial charge is 0.495 e. The molecule has 0 unspecified atom stereocenters. The Labute approximate surface area is 250 Å². The van der Waals surface area contributed by atoms with Gasteiger partial charge in [0, 0.05) is 49.3 Å². The fourth-order valence-corrected chi connectivity index (χ4v) is 5.33. The van der Waals surface area contributed by atoms with Gasteiger partial charge in [-0.05, 0) is 25.5 Å². The van der Waals surface area contributed by atoms with Gasteiger partial charge in [-0.3, -0.25) is 4.79 Å². The van der Waals surface area contributed by atoms with Crippen molar-refractivity contribution in [1.29, 1.82) is 0 Å². The molecule has 0 radical (unpaired) electrons. The highest BCUT2D eigenvalue weighted by atomic mass is 35.5. The molecule has 0 aliphatic carbocycles. The molecule has 1 aromatic carbocycles. The molecule has 1 aliphatic heterocycles. The number of fused-ring (bicyclic) bond motifs is 1. The molecular weight excluding hydrogens is 569 g/mol. The van der Waals surface area contributed by atoms with Gasteiger partial charge in [-0.1, -0.05) is 37.0 Å². The van der Waals surface area contributed by atoms with Crippen LogP contribution in [0.3, 0.4) is 0 Å². The van der Waals surface area contributed by atoms with Gasteiger partial charge in [0.1, 0.15) is 17.0 Å². The molecule has 1 saturated heterocycles. The van der Waals surface area contributed by atoms with Crippen molar-refractivity contribution >= 4 is 51.8 Å². The highest BCUT2D eigenvalue weighted by Gasteiger charge is 2.27. The summed E-state index contributed by atoms with van der Waals surface area (Å²) in [4.78, 5) is 26.0. The average Bonchev–Trinajstić information content (AvgIpc) is 2.94. The summed E-state index contributed by atoms with van der Waals surface area (Å²) < 4.78 is 16.6. The van der Waals surface area contributed by atoms with Gasteiger partial charge in [-0.15, -0.1) is 0 Å². The molecule has 4 rings (SSSR count). The number of rotatable bonds is 12. The number of hydrogen-bond donors (Lipinski definition) is 4. The second-order valence-corrected chi connectivity index (χ2v) is 10.8. The molecule has 41 heavy (non-hydrogen) atoms. The van der Waals surface area contributed by atoms with Crippen molar-refractivity contribution in [3.8, 4) is 22.8 Å². The molecule has 3 aromatic rings. The molecule has 222 valence electrons. The van der Waals surface area contributed by atoms with Crippen LogP contribution < -0.4 is 30.7 Å². The Kier molecular flexibility index (Phi) is 10.7. The second kappa shape index (κ2) is 14.2. The number of halogens is 2. The number of carbonyl (C=O) groups excluding carboxylic acids is 1. The van der Waals surface area contributed by atoms with Crippen molar-refractivity contribution in [2.75, 3.05) is 51.2 Å². The van der Waals surface area contributed by atoms with E-state index in [0.29, 0.717) is 82.3 Å². The summed E-state index contributed by atoms with van der Waals surface area (Å²) in [6.45, 7) is 8.24. The lowest BCUT2D eigenvalue weighted by molar-refractivity contribution is -0.120. The summed E-state index contributed by atoms with van der Waals surface area (Å²) in [5.74, 6) is 1.70. The Morgan fingerprint density at radius 3 is 2.49 bits per heavy atom. The monoisotopic (exact) mass is 605 g/mol. The molecule has 1 amide bonds. The maximum absolute atomic E-state index is 11.7. The van der Waals surface area contributed by atoms with Crippen LogP contribution in [0.1, 0.15) is 33.6 Å². The molecule has 0 bridgehead atoms. The van der Waals surface area contributed by atoms with Crippen LogP contribution in [-0.2, 0) is 9.53 Å². The number of aromatic nitrogens is 3. The van der Waals surface area contributed by atoms with Gasteiger partial charge in [0.25, 0.3) is 0 Å². The molecule has 2 atom stereocenters. The second-order valence-electron chi connectivity index (χ2n) is 10.1. The Morgan fingerprint density at radius 2 is 1.83 bits per heavy atom.